The van der Waals surface area contributed by atoms with Gasteiger partial charge in [0.25, 0.3) is 0 Å². The molecule has 0 bridgehead atoms. The summed E-state index contributed by atoms with van der Waals surface area (Å²) in [5.74, 6) is -0.221. The molecule has 2 heterocycles. The Morgan fingerprint density at radius 2 is 1.88 bits per heavy atom. The van der Waals surface area contributed by atoms with Crippen molar-refractivity contribution in [1.29, 1.82) is 0 Å². The predicted octanol–water partition coefficient (Wildman–Crippen LogP) is 3.71. The molecule has 0 fully saturated rings. The standard InChI is InChI=1S/C19H21FN4O2/c1-11-16(13(3)24(4)22-11)9-10-17(25)21-19-18(12(2)23-26-19)14-5-7-15(20)8-6-14/h5-8H,9-10H2,1-4H3,(H,21,25). The number of rotatable bonds is 5. The Bertz CT molecular complexity index is 941. The van der Waals surface area contributed by atoms with E-state index in [9.17, 15) is 9.18 Å². The van der Waals surface area contributed by atoms with E-state index in [-0.39, 0.29) is 17.6 Å². The zero-order valence-corrected chi connectivity index (χ0v) is 15.3. The highest BCUT2D eigenvalue weighted by Gasteiger charge is 2.18. The molecule has 3 aromatic rings. The van der Waals surface area contributed by atoms with Crippen LogP contribution in [0.25, 0.3) is 11.1 Å². The van der Waals surface area contributed by atoms with Crippen LogP contribution in [0.15, 0.2) is 28.8 Å². The van der Waals surface area contributed by atoms with Gasteiger partial charge in [-0.2, -0.15) is 5.10 Å². The van der Waals surface area contributed by atoms with E-state index in [0.29, 0.717) is 24.1 Å². The summed E-state index contributed by atoms with van der Waals surface area (Å²) in [6.45, 7) is 5.70. The van der Waals surface area contributed by atoms with Crippen molar-refractivity contribution < 1.29 is 13.7 Å². The van der Waals surface area contributed by atoms with Gasteiger partial charge in [0.2, 0.25) is 11.8 Å². The summed E-state index contributed by atoms with van der Waals surface area (Å²) in [4.78, 5) is 12.4. The van der Waals surface area contributed by atoms with E-state index in [1.165, 1.54) is 12.1 Å². The summed E-state index contributed by atoms with van der Waals surface area (Å²) in [5.41, 5.74) is 5.09. The molecule has 26 heavy (non-hydrogen) atoms. The lowest BCUT2D eigenvalue weighted by Gasteiger charge is -2.06. The maximum Gasteiger partial charge on any atom is 0.239 e. The number of hydrogen-bond acceptors (Lipinski definition) is 4. The molecule has 0 saturated heterocycles. The zero-order valence-electron chi connectivity index (χ0n) is 15.3. The molecule has 0 aliphatic rings. The van der Waals surface area contributed by atoms with Crippen molar-refractivity contribution in [3.8, 4) is 11.1 Å². The summed E-state index contributed by atoms with van der Waals surface area (Å²) in [7, 11) is 1.89. The molecule has 136 valence electrons. The Kier molecular flexibility index (Phi) is 4.88. The molecule has 0 unspecified atom stereocenters. The number of nitrogens with one attached hydrogen (secondary N) is 1. The van der Waals surface area contributed by atoms with Crippen molar-refractivity contribution in [3.63, 3.8) is 0 Å². The Balaban J connectivity index is 1.73. The first-order chi connectivity index (χ1) is 12.4. The van der Waals surface area contributed by atoms with Crippen LogP contribution in [0.5, 0.6) is 0 Å². The minimum absolute atomic E-state index is 0.174. The zero-order chi connectivity index (χ0) is 18.8. The highest BCUT2D eigenvalue weighted by molar-refractivity contribution is 5.94. The van der Waals surface area contributed by atoms with Crippen molar-refractivity contribution >= 4 is 11.8 Å². The van der Waals surface area contributed by atoms with Crippen molar-refractivity contribution in [3.05, 3.63) is 52.7 Å². The second-order valence-corrected chi connectivity index (χ2v) is 6.30. The summed E-state index contributed by atoms with van der Waals surface area (Å²) in [6, 6.07) is 5.99. The Labute approximate surface area is 151 Å². The Morgan fingerprint density at radius 3 is 2.50 bits per heavy atom. The summed E-state index contributed by atoms with van der Waals surface area (Å²) >= 11 is 0. The summed E-state index contributed by atoms with van der Waals surface area (Å²) < 4.78 is 20.2. The molecular formula is C19H21FN4O2. The number of anilines is 1. The minimum Gasteiger partial charge on any atom is -0.337 e. The first-order valence-electron chi connectivity index (χ1n) is 8.38. The highest BCUT2D eigenvalue weighted by atomic mass is 19.1. The van der Waals surface area contributed by atoms with E-state index in [4.69, 9.17) is 4.52 Å². The van der Waals surface area contributed by atoms with Gasteiger partial charge >= 0.3 is 0 Å². The van der Waals surface area contributed by atoms with Gasteiger partial charge in [-0.3, -0.25) is 14.8 Å². The molecule has 0 aliphatic heterocycles. The number of carbonyl (C=O) groups excluding carboxylic acids is 1. The highest BCUT2D eigenvalue weighted by Crippen LogP contribution is 2.31. The van der Waals surface area contributed by atoms with Crippen LogP contribution in [0.4, 0.5) is 10.3 Å². The molecule has 1 amide bonds. The third-order valence-corrected chi connectivity index (χ3v) is 4.51. The molecule has 0 saturated carbocycles. The monoisotopic (exact) mass is 356 g/mol. The van der Waals surface area contributed by atoms with Gasteiger partial charge < -0.3 is 4.52 Å². The quantitative estimate of drug-likeness (QED) is 0.756. The topological polar surface area (TPSA) is 73.0 Å². The van der Waals surface area contributed by atoms with Crippen molar-refractivity contribution in [2.75, 3.05) is 5.32 Å². The smallest absolute Gasteiger partial charge is 0.239 e. The van der Waals surface area contributed by atoms with Crippen LogP contribution in [-0.4, -0.2) is 20.8 Å². The average molecular weight is 356 g/mol. The van der Waals surface area contributed by atoms with E-state index in [1.807, 2.05) is 25.6 Å². The van der Waals surface area contributed by atoms with Crippen LogP contribution >= 0.6 is 0 Å². The van der Waals surface area contributed by atoms with Gasteiger partial charge in [0, 0.05) is 19.2 Å². The second-order valence-electron chi connectivity index (χ2n) is 6.30. The van der Waals surface area contributed by atoms with Crippen LogP contribution in [0.3, 0.4) is 0 Å². The molecule has 2 aromatic heterocycles. The SMILES string of the molecule is Cc1nn(C)c(C)c1CCC(=O)Nc1onc(C)c1-c1ccc(F)cc1. The number of benzene rings is 1. The van der Waals surface area contributed by atoms with Crippen LogP contribution in [0.2, 0.25) is 0 Å². The van der Waals surface area contributed by atoms with Crippen LogP contribution in [0, 0.1) is 26.6 Å². The fourth-order valence-electron chi connectivity index (χ4n) is 3.02. The van der Waals surface area contributed by atoms with Crippen LogP contribution in [0.1, 0.15) is 29.1 Å². The van der Waals surface area contributed by atoms with Gasteiger partial charge in [-0.05, 0) is 50.5 Å². The molecular weight excluding hydrogens is 335 g/mol. The molecule has 3 rings (SSSR count). The molecule has 0 atom stereocenters. The number of amides is 1. The van der Waals surface area contributed by atoms with Crippen molar-refractivity contribution in [1.82, 2.24) is 14.9 Å². The lowest BCUT2D eigenvalue weighted by Crippen LogP contribution is -2.13. The summed E-state index contributed by atoms with van der Waals surface area (Å²) in [5, 5.41) is 11.1. The predicted molar refractivity (Wildman–Crippen MR) is 96.3 cm³/mol. The van der Waals surface area contributed by atoms with E-state index < -0.39 is 0 Å². The molecule has 0 spiro atoms. The maximum absolute atomic E-state index is 13.2. The average Bonchev–Trinajstić information content (AvgIpc) is 3.07. The van der Waals surface area contributed by atoms with Crippen LogP contribution < -0.4 is 5.32 Å². The third-order valence-electron chi connectivity index (χ3n) is 4.51. The van der Waals surface area contributed by atoms with Gasteiger partial charge in [0.15, 0.2) is 0 Å². The molecule has 1 N–H and O–H groups in total. The molecule has 6 nitrogen and oxygen atoms in total. The normalized spacial score (nSPS) is 11.0. The number of nitrogens with zero attached hydrogens (tertiary/aromatic N) is 3. The van der Waals surface area contributed by atoms with Crippen molar-refractivity contribution in [2.24, 2.45) is 7.05 Å². The first kappa shape index (κ1) is 17.8. The second kappa shape index (κ2) is 7.11. The van der Waals surface area contributed by atoms with E-state index in [2.05, 4.69) is 15.6 Å². The van der Waals surface area contributed by atoms with Gasteiger partial charge in [0.1, 0.15) is 5.82 Å². The number of aromatic nitrogens is 3. The van der Waals surface area contributed by atoms with Gasteiger partial charge in [-0.25, -0.2) is 4.39 Å². The Hall–Kier alpha value is -2.96. The van der Waals surface area contributed by atoms with Gasteiger partial charge in [-0.15, -0.1) is 0 Å². The summed E-state index contributed by atoms with van der Waals surface area (Å²) in [6.07, 6.45) is 0.895. The molecule has 0 radical (unpaired) electrons. The third kappa shape index (κ3) is 3.51. The maximum atomic E-state index is 13.2. The van der Waals surface area contributed by atoms with E-state index in [1.54, 1.807) is 19.1 Å². The number of halogens is 1. The van der Waals surface area contributed by atoms with E-state index in [0.717, 1.165) is 22.5 Å². The van der Waals surface area contributed by atoms with Crippen molar-refractivity contribution in [2.45, 2.75) is 33.6 Å². The molecule has 7 heteroatoms. The van der Waals surface area contributed by atoms with Crippen LogP contribution in [-0.2, 0) is 18.3 Å². The molecule has 0 aliphatic carbocycles. The Morgan fingerprint density at radius 1 is 1.19 bits per heavy atom. The molecule has 1 aromatic carbocycles. The largest absolute Gasteiger partial charge is 0.337 e. The lowest BCUT2D eigenvalue weighted by molar-refractivity contribution is -0.116. The fraction of sp³-hybridized carbons (Fsp3) is 0.316. The first-order valence-corrected chi connectivity index (χ1v) is 8.38. The lowest BCUT2D eigenvalue weighted by atomic mass is 10.1. The van der Waals surface area contributed by atoms with Gasteiger partial charge in [0.05, 0.1) is 17.0 Å². The van der Waals surface area contributed by atoms with E-state index >= 15 is 0 Å². The minimum atomic E-state index is -0.323. The number of aryl methyl sites for hydroxylation is 3. The number of carbonyl (C=O) groups is 1. The fourth-order valence-corrected chi connectivity index (χ4v) is 3.02. The number of hydrogen-bond donors (Lipinski definition) is 1. The van der Waals surface area contributed by atoms with Gasteiger partial charge in [-0.1, -0.05) is 17.3 Å².